The Labute approximate surface area is 139 Å². The lowest BCUT2D eigenvalue weighted by Gasteiger charge is -2.25. The van der Waals surface area contributed by atoms with E-state index in [2.05, 4.69) is 24.5 Å². The van der Waals surface area contributed by atoms with Gasteiger partial charge in [0.25, 0.3) is 0 Å². The van der Waals surface area contributed by atoms with Crippen molar-refractivity contribution in [1.29, 1.82) is 0 Å². The number of rotatable bonds is 7. The van der Waals surface area contributed by atoms with Crippen molar-refractivity contribution in [2.45, 2.75) is 52.8 Å². The van der Waals surface area contributed by atoms with Gasteiger partial charge in [-0.05, 0) is 44.4 Å². The van der Waals surface area contributed by atoms with Crippen LogP contribution in [0, 0.1) is 5.92 Å². The summed E-state index contributed by atoms with van der Waals surface area (Å²) in [6.07, 6.45) is -0.383. The van der Waals surface area contributed by atoms with Crippen molar-refractivity contribution >= 4 is 6.09 Å². The van der Waals surface area contributed by atoms with Crippen molar-refractivity contribution in [3.8, 4) is 5.75 Å². The van der Waals surface area contributed by atoms with E-state index in [1.54, 1.807) is 7.11 Å². The molecule has 2 N–H and O–H groups in total. The minimum Gasteiger partial charge on any atom is -0.497 e. The van der Waals surface area contributed by atoms with Gasteiger partial charge in [-0.15, -0.1) is 0 Å². The first-order valence-corrected chi connectivity index (χ1v) is 8.04. The van der Waals surface area contributed by atoms with Gasteiger partial charge in [-0.25, -0.2) is 4.79 Å². The fraction of sp³-hybridized carbons (Fsp3) is 0.611. The molecule has 5 heteroatoms. The summed E-state index contributed by atoms with van der Waals surface area (Å²) in [7, 11) is 1.66. The number of ether oxygens (including phenoxy) is 2. The maximum atomic E-state index is 11.8. The van der Waals surface area contributed by atoms with E-state index in [-0.39, 0.29) is 12.1 Å². The number of hydrogen-bond acceptors (Lipinski definition) is 4. The molecule has 0 saturated carbocycles. The van der Waals surface area contributed by atoms with E-state index in [0.717, 1.165) is 17.9 Å². The molecule has 1 unspecified atom stereocenters. The molecule has 1 rings (SSSR count). The molecule has 5 nitrogen and oxygen atoms in total. The highest BCUT2D eigenvalue weighted by Crippen LogP contribution is 2.13. The maximum Gasteiger partial charge on any atom is 0.407 e. The van der Waals surface area contributed by atoms with E-state index < -0.39 is 5.60 Å². The van der Waals surface area contributed by atoms with Crippen LogP contribution >= 0.6 is 0 Å². The number of nitrogens with one attached hydrogen (secondary N) is 2. The van der Waals surface area contributed by atoms with Gasteiger partial charge in [0.2, 0.25) is 0 Å². The first kappa shape index (κ1) is 19.3. The highest BCUT2D eigenvalue weighted by Gasteiger charge is 2.18. The third-order valence-corrected chi connectivity index (χ3v) is 3.37. The third kappa shape index (κ3) is 7.88. The molecule has 1 atom stereocenters. The predicted octanol–water partition coefficient (Wildman–Crippen LogP) is 3.33. The van der Waals surface area contributed by atoms with Gasteiger partial charge in [0.15, 0.2) is 0 Å². The van der Waals surface area contributed by atoms with Crippen LogP contribution in [0.5, 0.6) is 5.75 Å². The molecule has 1 amide bonds. The topological polar surface area (TPSA) is 59.6 Å². The number of methoxy groups -OCH3 is 1. The van der Waals surface area contributed by atoms with Crippen LogP contribution in [0.3, 0.4) is 0 Å². The van der Waals surface area contributed by atoms with E-state index in [1.165, 1.54) is 0 Å². The molecule has 1 aromatic rings. The molecule has 130 valence electrons. The van der Waals surface area contributed by atoms with E-state index >= 15 is 0 Å². The van der Waals surface area contributed by atoms with Crippen LogP contribution in [0.1, 0.15) is 40.2 Å². The SMILES string of the molecule is COc1cccc(CNC(CNC(=O)OC(C)(C)C)C(C)C)c1. The fourth-order valence-corrected chi connectivity index (χ4v) is 2.08. The molecule has 0 spiro atoms. The smallest absolute Gasteiger partial charge is 0.407 e. The molecule has 0 heterocycles. The molecule has 0 fully saturated rings. The van der Waals surface area contributed by atoms with Crippen molar-refractivity contribution in [2.24, 2.45) is 5.92 Å². The summed E-state index contributed by atoms with van der Waals surface area (Å²) < 4.78 is 10.5. The highest BCUT2D eigenvalue weighted by atomic mass is 16.6. The van der Waals surface area contributed by atoms with Crippen LogP contribution in [0.4, 0.5) is 4.79 Å². The number of carbonyl (C=O) groups excluding carboxylic acids is 1. The number of amides is 1. The van der Waals surface area contributed by atoms with E-state index in [1.807, 2.05) is 45.0 Å². The van der Waals surface area contributed by atoms with Crippen LogP contribution < -0.4 is 15.4 Å². The number of carbonyl (C=O) groups is 1. The van der Waals surface area contributed by atoms with Gasteiger partial charge in [0, 0.05) is 19.1 Å². The standard InChI is InChI=1S/C18H30N2O3/c1-13(2)16(12-20-17(21)23-18(3,4)5)19-11-14-8-7-9-15(10-14)22-6/h7-10,13,16,19H,11-12H2,1-6H3,(H,20,21). The number of benzene rings is 1. The average Bonchev–Trinajstić information content (AvgIpc) is 2.45. The Hall–Kier alpha value is -1.75. The highest BCUT2D eigenvalue weighted by molar-refractivity contribution is 5.67. The van der Waals surface area contributed by atoms with Crippen LogP contribution in [0.15, 0.2) is 24.3 Å². The quantitative estimate of drug-likeness (QED) is 0.808. The summed E-state index contributed by atoms with van der Waals surface area (Å²) in [5.74, 6) is 1.23. The second kappa shape index (κ2) is 8.77. The van der Waals surface area contributed by atoms with Crippen molar-refractivity contribution in [1.82, 2.24) is 10.6 Å². The predicted molar refractivity (Wildman–Crippen MR) is 92.7 cm³/mol. The van der Waals surface area contributed by atoms with E-state index in [9.17, 15) is 4.79 Å². The van der Waals surface area contributed by atoms with Gasteiger partial charge in [-0.3, -0.25) is 0 Å². The monoisotopic (exact) mass is 322 g/mol. The maximum absolute atomic E-state index is 11.8. The van der Waals surface area contributed by atoms with Crippen LogP contribution in [0.2, 0.25) is 0 Å². The molecule has 0 aromatic heterocycles. The van der Waals surface area contributed by atoms with Crippen molar-refractivity contribution in [3.05, 3.63) is 29.8 Å². The summed E-state index contributed by atoms with van der Waals surface area (Å²) in [4.78, 5) is 11.8. The molecular formula is C18H30N2O3. The van der Waals surface area contributed by atoms with Crippen molar-refractivity contribution < 1.29 is 14.3 Å². The lowest BCUT2D eigenvalue weighted by molar-refractivity contribution is 0.0519. The van der Waals surface area contributed by atoms with E-state index in [0.29, 0.717) is 12.5 Å². The van der Waals surface area contributed by atoms with Crippen LogP contribution in [0.25, 0.3) is 0 Å². The first-order valence-electron chi connectivity index (χ1n) is 8.04. The zero-order valence-electron chi connectivity index (χ0n) is 15.1. The zero-order valence-corrected chi connectivity index (χ0v) is 15.1. The minimum absolute atomic E-state index is 0.161. The number of hydrogen-bond donors (Lipinski definition) is 2. The summed E-state index contributed by atoms with van der Waals surface area (Å²) in [6, 6.07) is 8.11. The van der Waals surface area contributed by atoms with Crippen LogP contribution in [-0.2, 0) is 11.3 Å². The van der Waals surface area contributed by atoms with Crippen molar-refractivity contribution in [2.75, 3.05) is 13.7 Å². The van der Waals surface area contributed by atoms with Gasteiger partial charge >= 0.3 is 6.09 Å². The Morgan fingerprint density at radius 2 is 1.96 bits per heavy atom. The molecular weight excluding hydrogens is 292 g/mol. The molecule has 0 aliphatic rings. The molecule has 0 bridgehead atoms. The second-order valence-electron chi connectivity index (χ2n) is 6.97. The van der Waals surface area contributed by atoms with Gasteiger partial charge in [-0.2, -0.15) is 0 Å². The van der Waals surface area contributed by atoms with E-state index in [4.69, 9.17) is 9.47 Å². The second-order valence-corrected chi connectivity index (χ2v) is 6.97. The summed E-state index contributed by atoms with van der Waals surface area (Å²) in [6.45, 7) is 11.1. The summed E-state index contributed by atoms with van der Waals surface area (Å²) >= 11 is 0. The van der Waals surface area contributed by atoms with Gasteiger partial charge < -0.3 is 20.1 Å². The average molecular weight is 322 g/mol. The van der Waals surface area contributed by atoms with Crippen molar-refractivity contribution in [3.63, 3.8) is 0 Å². The van der Waals surface area contributed by atoms with Gasteiger partial charge in [0.05, 0.1) is 7.11 Å². The lowest BCUT2D eigenvalue weighted by Crippen LogP contribution is -2.45. The lowest BCUT2D eigenvalue weighted by atomic mass is 10.0. The summed E-state index contributed by atoms with van der Waals surface area (Å²) in [5, 5.41) is 6.31. The van der Waals surface area contributed by atoms with Gasteiger partial charge in [-0.1, -0.05) is 26.0 Å². The summed E-state index contributed by atoms with van der Waals surface area (Å²) in [5.41, 5.74) is 0.665. The molecule has 23 heavy (non-hydrogen) atoms. The first-order chi connectivity index (χ1) is 10.7. The fourth-order valence-electron chi connectivity index (χ4n) is 2.08. The molecule has 1 aromatic carbocycles. The largest absolute Gasteiger partial charge is 0.497 e. The molecule has 0 radical (unpaired) electrons. The Kier molecular flexibility index (Phi) is 7.36. The number of alkyl carbamates (subject to hydrolysis) is 1. The Bertz CT molecular complexity index is 495. The van der Waals surface area contributed by atoms with Crippen LogP contribution in [-0.4, -0.2) is 31.4 Å². The molecule has 0 saturated heterocycles. The molecule has 0 aliphatic carbocycles. The zero-order chi connectivity index (χ0) is 17.5. The Morgan fingerprint density at radius 3 is 2.52 bits per heavy atom. The molecule has 0 aliphatic heterocycles. The minimum atomic E-state index is -0.481. The van der Waals surface area contributed by atoms with Gasteiger partial charge in [0.1, 0.15) is 11.4 Å². The Morgan fingerprint density at radius 1 is 1.26 bits per heavy atom. The normalized spacial score (nSPS) is 12.8. The third-order valence-electron chi connectivity index (χ3n) is 3.37. The Balaban J connectivity index is 2.50.